The quantitative estimate of drug-likeness (QED) is 0.734. The molecule has 2 heteroatoms. The lowest BCUT2D eigenvalue weighted by atomic mass is 9.67. The minimum atomic E-state index is -0.456. The first-order valence-electron chi connectivity index (χ1n) is 5.95. The maximum Gasteiger partial charge on any atom is 0.155 e. The van der Waals surface area contributed by atoms with Gasteiger partial charge in [0.1, 0.15) is 0 Å². The summed E-state index contributed by atoms with van der Waals surface area (Å²) in [4.78, 5) is 12.1. The third-order valence-corrected chi connectivity index (χ3v) is 4.00. The summed E-state index contributed by atoms with van der Waals surface area (Å²) in [5.41, 5.74) is 5.80. The van der Waals surface area contributed by atoms with Crippen LogP contribution in [0.1, 0.15) is 51.9 Å². The van der Waals surface area contributed by atoms with Crippen LogP contribution in [-0.2, 0) is 4.79 Å². The summed E-state index contributed by atoms with van der Waals surface area (Å²) < 4.78 is 0. The van der Waals surface area contributed by atoms with Gasteiger partial charge in [0.15, 0.2) is 5.78 Å². The number of ketones is 1. The minimum absolute atomic E-state index is 0.310. The molecule has 0 amide bonds. The summed E-state index contributed by atoms with van der Waals surface area (Å²) in [6.07, 6.45) is 7.63. The smallest absolute Gasteiger partial charge is 0.155 e. The first kappa shape index (κ1) is 10.2. The summed E-state index contributed by atoms with van der Waals surface area (Å²) in [5, 5.41) is 0. The highest BCUT2D eigenvalue weighted by molar-refractivity contribution is 5.90. The van der Waals surface area contributed by atoms with Gasteiger partial charge in [-0.2, -0.15) is 0 Å². The van der Waals surface area contributed by atoms with Crippen LogP contribution in [0.15, 0.2) is 0 Å². The molecule has 0 saturated heterocycles. The fraction of sp³-hybridized carbons (Fsp3) is 0.917. The summed E-state index contributed by atoms with van der Waals surface area (Å²) in [7, 11) is 0. The SMILES string of the molecule is CC1CCCC(N)(C(=O)C2CCC2)C1. The molecule has 0 aliphatic heterocycles. The van der Waals surface area contributed by atoms with Crippen molar-refractivity contribution >= 4 is 5.78 Å². The van der Waals surface area contributed by atoms with Gasteiger partial charge >= 0.3 is 0 Å². The molecule has 2 nitrogen and oxygen atoms in total. The van der Waals surface area contributed by atoms with Crippen LogP contribution in [0.4, 0.5) is 0 Å². The van der Waals surface area contributed by atoms with Gasteiger partial charge in [0.05, 0.1) is 5.54 Å². The number of carbonyl (C=O) groups is 1. The van der Waals surface area contributed by atoms with Gasteiger partial charge in [0.25, 0.3) is 0 Å². The Kier molecular flexibility index (Phi) is 2.65. The lowest BCUT2D eigenvalue weighted by Gasteiger charge is -2.39. The maximum atomic E-state index is 12.1. The van der Waals surface area contributed by atoms with Crippen LogP contribution in [0.5, 0.6) is 0 Å². The second-order valence-corrected chi connectivity index (χ2v) is 5.35. The van der Waals surface area contributed by atoms with E-state index in [4.69, 9.17) is 5.73 Å². The Labute approximate surface area is 86.2 Å². The van der Waals surface area contributed by atoms with Gasteiger partial charge < -0.3 is 5.73 Å². The molecule has 2 aliphatic rings. The summed E-state index contributed by atoms with van der Waals surface area (Å²) in [6.45, 7) is 2.22. The van der Waals surface area contributed by atoms with Gasteiger partial charge in [-0.1, -0.05) is 26.2 Å². The van der Waals surface area contributed by atoms with E-state index in [1.165, 1.54) is 12.8 Å². The zero-order valence-electron chi connectivity index (χ0n) is 9.09. The summed E-state index contributed by atoms with van der Waals surface area (Å²) in [5.74, 6) is 1.32. The fourth-order valence-corrected chi connectivity index (χ4v) is 2.89. The first-order valence-corrected chi connectivity index (χ1v) is 5.95. The molecule has 0 heterocycles. The van der Waals surface area contributed by atoms with E-state index < -0.39 is 5.54 Å². The molecule has 80 valence electrons. The molecule has 2 saturated carbocycles. The van der Waals surface area contributed by atoms with Crippen molar-refractivity contribution in [3.63, 3.8) is 0 Å². The van der Waals surface area contributed by atoms with Crippen LogP contribution >= 0.6 is 0 Å². The van der Waals surface area contributed by atoms with Crippen molar-refractivity contribution in [3.8, 4) is 0 Å². The molecule has 0 aromatic carbocycles. The van der Waals surface area contributed by atoms with E-state index in [0.29, 0.717) is 17.6 Å². The normalized spacial score (nSPS) is 39.1. The van der Waals surface area contributed by atoms with Gasteiger partial charge in [0.2, 0.25) is 0 Å². The zero-order valence-corrected chi connectivity index (χ0v) is 9.09. The van der Waals surface area contributed by atoms with Crippen molar-refractivity contribution in [3.05, 3.63) is 0 Å². The molecule has 0 aromatic heterocycles. The van der Waals surface area contributed by atoms with E-state index in [-0.39, 0.29) is 0 Å². The highest BCUT2D eigenvalue weighted by atomic mass is 16.1. The molecule has 2 atom stereocenters. The minimum Gasteiger partial charge on any atom is -0.319 e. The Morgan fingerprint density at radius 3 is 2.50 bits per heavy atom. The third kappa shape index (κ3) is 1.72. The summed E-state index contributed by atoms with van der Waals surface area (Å²) in [6, 6.07) is 0. The van der Waals surface area contributed by atoms with Crippen LogP contribution < -0.4 is 5.73 Å². The molecule has 0 spiro atoms. The van der Waals surface area contributed by atoms with Crippen molar-refractivity contribution in [1.82, 2.24) is 0 Å². The number of Topliss-reactive ketones (excluding diaryl/α,β-unsaturated/α-hetero) is 1. The Morgan fingerprint density at radius 1 is 1.29 bits per heavy atom. The highest BCUT2D eigenvalue weighted by Gasteiger charge is 2.42. The van der Waals surface area contributed by atoms with Crippen molar-refractivity contribution in [2.45, 2.75) is 57.4 Å². The predicted octanol–water partition coefficient (Wildman–Crippen LogP) is 2.26. The largest absolute Gasteiger partial charge is 0.319 e. The molecular formula is C12H21NO. The van der Waals surface area contributed by atoms with E-state index in [1.807, 2.05) is 0 Å². The second-order valence-electron chi connectivity index (χ2n) is 5.35. The molecule has 2 N–H and O–H groups in total. The maximum absolute atomic E-state index is 12.1. The average molecular weight is 195 g/mol. The average Bonchev–Trinajstić information content (AvgIpc) is 2.00. The van der Waals surface area contributed by atoms with E-state index in [2.05, 4.69) is 6.92 Å². The zero-order chi connectivity index (χ0) is 10.2. The number of carbonyl (C=O) groups excluding carboxylic acids is 1. The van der Waals surface area contributed by atoms with Crippen LogP contribution in [0.2, 0.25) is 0 Å². The standard InChI is InChI=1S/C12H21NO/c1-9-4-3-7-12(13,8-9)11(14)10-5-2-6-10/h9-10H,2-8,13H2,1H3. The monoisotopic (exact) mass is 195 g/mol. The topological polar surface area (TPSA) is 43.1 Å². The molecule has 2 fully saturated rings. The molecule has 0 aromatic rings. The molecule has 0 radical (unpaired) electrons. The third-order valence-electron chi connectivity index (χ3n) is 4.00. The van der Waals surface area contributed by atoms with Gasteiger partial charge in [-0.3, -0.25) is 4.79 Å². The Morgan fingerprint density at radius 2 is 2.00 bits per heavy atom. The van der Waals surface area contributed by atoms with Gasteiger partial charge in [-0.15, -0.1) is 0 Å². The van der Waals surface area contributed by atoms with Crippen LogP contribution in [0, 0.1) is 11.8 Å². The van der Waals surface area contributed by atoms with Crippen LogP contribution in [0.25, 0.3) is 0 Å². The van der Waals surface area contributed by atoms with Crippen molar-refractivity contribution in [1.29, 1.82) is 0 Å². The van der Waals surface area contributed by atoms with Crippen molar-refractivity contribution in [2.75, 3.05) is 0 Å². The van der Waals surface area contributed by atoms with E-state index >= 15 is 0 Å². The van der Waals surface area contributed by atoms with E-state index in [0.717, 1.165) is 32.1 Å². The number of hydrogen-bond donors (Lipinski definition) is 1. The molecule has 0 bridgehead atoms. The van der Waals surface area contributed by atoms with Crippen molar-refractivity contribution < 1.29 is 4.79 Å². The number of hydrogen-bond acceptors (Lipinski definition) is 2. The Hall–Kier alpha value is -0.370. The Bertz CT molecular complexity index is 234. The van der Waals surface area contributed by atoms with E-state index in [1.54, 1.807) is 0 Å². The summed E-state index contributed by atoms with van der Waals surface area (Å²) >= 11 is 0. The molecule has 2 unspecified atom stereocenters. The van der Waals surface area contributed by atoms with Gasteiger partial charge in [0, 0.05) is 5.92 Å². The predicted molar refractivity (Wildman–Crippen MR) is 56.9 cm³/mol. The lowest BCUT2D eigenvalue weighted by molar-refractivity contribution is -0.132. The first-order chi connectivity index (χ1) is 6.62. The molecule has 2 rings (SSSR count). The molecule has 2 aliphatic carbocycles. The molecular weight excluding hydrogens is 174 g/mol. The Balaban J connectivity index is 2.02. The molecule has 14 heavy (non-hydrogen) atoms. The van der Waals surface area contributed by atoms with Crippen molar-refractivity contribution in [2.24, 2.45) is 17.6 Å². The number of rotatable bonds is 2. The van der Waals surface area contributed by atoms with Crippen LogP contribution in [-0.4, -0.2) is 11.3 Å². The number of nitrogens with two attached hydrogens (primary N) is 1. The highest BCUT2D eigenvalue weighted by Crippen LogP contribution is 2.37. The van der Waals surface area contributed by atoms with Gasteiger partial charge in [-0.25, -0.2) is 0 Å². The fourth-order valence-electron chi connectivity index (χ4n) is 2.89. The van der Waals surface area contributed by atoms with Gasteiger partial charge in [-0.05, 0) is 31.6 Å². The lowest BCUT2D eigenvalue weighted by Crippen LogP contribution is -2.54. The van der Waals surface area contributed by atoms with Crippen LogP contribution in [0.3, 0.4) is 0 Å². The van der Waals surface area contributed by atoms with E-state index in [9.17, 15) is 4.79 Å². The second kappa shape index (κ2) is 3.65.